The Morgan fingerprint density at radius 1 is 1.35 bits per heavy atom. The molecule has 108 valence electrons. The molecule has 1 aromatic rings. The first-order chi connectivity index (χ1) is 9.41. The second-order valence-electron chi connectivity index (χ2n) is 4.66. The van der Waals surface area contributed by atoms with Crippen molar-refractivity contribution < 1.29 is 22.7 Å². The van der Waals surface area contributed by atoms with Crippen molar-refractivity contribution in [2.24, 2.45) is 5.92 Å². The number of sulfone groups is 1. The van der Waals surface area contributed by atoms with Gasteiger partial charge in [-0.05, 0) is 24.6 Å². The Kier molecular flexibility index (Phi) is 4.08. The van der Waals surface area contributed by atoms with E-state index in [4.69, 9.17) is 0 Å². The van der Waals surface area contributed by atoms with E-state index < -0.39 is 21.7 Å². The summed E-state index contributed by atoms with van der Waals surface area (Å²) in [6.07, 6.45) is 0.338. The lowest BCUT2D eigenvalue weighted by Gasteiger charge is -2.10. The van der Waals surface area contributed by atoms with E-state index >= 15 is 0 Å². The van der Waals surface area contributed by atoms with Crippen molar-refractivity contribution in [3.05, 3.63) is 29.8 Å². The molecule has 1 amide bonds. The van der Waals surface area contributed by atoms with Crippen LogP contribution >= 0.6 is 0 Å². The molecule has 1 aromatic carbocycles. The number of amides is 1. The number of nitrogens with one attached hydrogen (secondary N) is 1. The highest BCUT2D eigenvalue weighted by molar-refractivity contribution is 7.91. The summed E-state index contributed by atoms with van der Waals surface area (Å²) in [5.41, 5.74) is 0.770. The van der Waals surface area contributed by atoms with Gasteiger partial charge in [0.1, 0.15) is 0 Å². The maximum Gasteiger partial charge on any atom is 0.337 e. The molecule has 0 aromatic heterocycles. The van der Waals surface area contributed by atoms with Crippen molar-refractivity contribution in [2.45, 2.75) is 6.42 Å². The van der Waals surface area contributed by atoms with Crippen LogP contribution < -0.4 is 5.32 Å². The van der Waals surface area contributed by atoms with Crippen LogP contribution in [0.25, 0.3) is 0 Å². The van der Waals surface area contributed by atoms with Crippen molar-refractivity contribution >= 4 is 27.4 Å². The van der Waals surface area contributed by atoms with Gasteiger partial charge in [-0.25, -0.2) is 13.2 Å². The Balaban J connectivity index is 2.07. The number of benzene rings is 1. The molecule has 20 heavy (non-hydrogen) atoms. The van der Waals surface area contributed by atoms with Gasteiger partial charge in [-0.3, -0.25) is 4.79 Å². The zero-order valence-corrected chi connectivity index (χ0v) is 11.8. The van der Waals surface area contributed by atoms with Crippen LogP contribution in [0.3, 0.4) is 0 Å². The minimum atomic E-state index is -3.09. The molecule has 1 heterocycles. The highest BCUT2D eigenvalue weighted by Crippen LogP contribution is 2.21. The molecule has 0 spiro atoms. The van der Waals surface area contributed by atoms with Gasteiger partial charge in [-0.2, -0.15) is 0 Å². The van der Waals surface area contributed by atoms with E-state index in [9.17, 15) is 18.0 Å². The number of carbonyl (C=O) groups is 2. The summed E-state index contributed by atoms with van der Waals surface area (Å²) in [5, 5.41) is 2.63. The molecule has 0 unspecified atom stereocenters. The zero-order valence-electron chi connectivity index (χ0n) is 11.0. The molecule has 0 radical (unpaired) electrons. The summed E-state index contributed by atoms with van der Waals surface area (Å²) in [5.74, 6) is -1.43. The number of carbonyl (C=O) groups excluding carboxylic acids is 2. The van der Waals surface area contributed by atoms with Crippen molar-refractivity contribution in [1.82, 2.24) is 0 Å². The maximum atomic E-state index is 12.0. The molecule has 1 N–H and O–H groups in total. The van der Waals surface area contributed by atoms with E-state index in [1.807, 2.05) is 0 Å². The number of esters is 1. The van der Waals surface area contributed by atoms with Gasteiger partial charge in [0, 0.05) is 5.69 Å². The molecule has 1 aliphatic heterocycles. The van der Waals surface area contributed by atoms with Gasteiger partial charge in [-0.1, -0.05) is 6.07 Å². The smallest absolute Gasteiger partial charge is 0.337 e. The quantitative estimate of drug-likeness (QED) is 0.835. The molecule has 1 saturated heterocycles. The molecule has 0 bridgehead atoms. The molecule has 1 aliphatic rings. The van der Waals surface area contributed by atoms with Gasteiger partial charge in [0.15, 0.2) is 9.84 Å². The molecule has 2 rings (SSSR count). The lowest BCUT2D eigenvalue weighted by molar-refractivity contribution is -0.119. The lowest BCUT2D eigenvalue weighted by Crippen LogP contribution is -2.23. The van der Waals surface area contributed by atoms with Crippen LogP contribution in [0.1, 0.15) is 16.8 Å². The SMILES string of the molecule is COC(=O)c1cccc(NC(=O)[C@@H]2CCS(=O)(=O)C2)c1. The van der Waals surface area contributed by atoms with Gasteiger partial charge >= 0.3 is 5.97 Å². The third kappa shape index (κ3) is 3.36. The standard InChI is InChI=1S/C13H15NO5S/c1-19-13(16)9-3-2-4-11(7-9)14-12(15)10-5-6-20(17,18)8-10/h2-4,7,10H,5-6,8H2,1H3,(H,14,15)/t10-/m1/s1. The van der Waals surface area contributed by atoms with E-state index in [0.29, 0.717) is 17.7 Å². The predicted molar refractivity (Wildman–Crippen MR) is 73.2 cm³/mol. The topological polar surface area (TPSA) is 89.5 Å². The van der Waals surface area contributed by atoms with Crippen LogP contribution in [0.2, 0.25) is 0 Å². The Bertz CT molecular complexity index is 638. The summed E-state index contributed by atoms with van der Waals surface area (Å²) in [4.78, 5) is 23.3. The molecule has 6 nitrogen and oxygen atoms in total. The third-order valence-corrected chi connectivity index (χ3v) is 4.92. The fourth-order valence-corrected chi connectivity index (χ4v) is 3.83. The van der Waals surface area contributed by atoms with Crippen molar-refractivity contribution in [3.8, 4) is 0 Å². The highest BCUT2D eigenvalue weighted by Gasteiger charge is 2.32. The fourth-order valence-electron chi connectivity index (χ4n) is 2.09. The van der Waals surface area contributed by atoms with Crippen molar-refractivity contribution in [1.29, 1.82) is 0 Å². The molecule has 7 heteroatoms. The molecular formula is C13H15NO5S. The highest BCUT2D eigenvalue weighted by atomic mass is 32.2. The molecular weight excluding hydrogens is 282 g/mol. The normalized spacial score (nSPS) is 20.4. The monoisotopic (exact) mass is 297 g/mol. The fraction of sp³-hybridized carbons (Fsp3) is 0.385. The number of hydrogen-bond acceptors (Lipinski definition) is 5. The Labute approximate surface area is 117 Å². The first-order valence-corrected chi connectivity index (χ1v) is 7.93. The van der Waals surface area contributed by atoms with Gasteiger partial charge in [0.05, 0.1) is 30.1 Å². The summed E-state index contributed by atoms with van der Waals surface area (Å²) in [6.45, 7) is 0. The van der Waals surface area contributed by atoms with Gasteiger partial charge in [0.25, 0.3) is 0 Å². The van der Waals surface area contributed by atoms with E-state index in [0.717, 1.165) is 0 Å². The van der Waals surface area contributed by atoms with Crippen molar-refractivity contribution in [3.63, 3.8) is 0 Å². The van der Waals surface area contributed by atoms with Crippen LogP contribution in [0.4, 0.5) is 5.69 Å². The minimum absolute atomic E-state index is 0.0489. The van der Waals surface area contributed by atoms with E-state index in [-0.39, 0.29) is 17.4 Å². The van der Waals surface area contributed by atoms with Gasteiger partial charge in [0.2, 0.25) is 5.91 Å². The van der Waals surface area contributed by atoms with Crippen molar-refractivity contribution in [2.75, 3.05) is 23.9 Å². The van der Waals surface area contributed by atoms with Gasteiger partial charge < -0.3 is 10.1 Å². The average Bonchev–Trinajstić information content (AvgIpc) is 2.78. The number of methoxy groups -OCH3 is 1. The first-order valence-electron chi connectivity index (χ1n) is 6.11. The van der Waals surface area contributed by atoms with Crippen LogP contribution in [-0.4, -0.2) is 38.9 Å². The zero-order chi connectivity index (χ0) is 14.8. The predicted octanol–water partition coefficient (Wildman–Crippen LogP) is 0.846. The largest absolute Gasteiger partial charge is 0.465 e. The number of hydrogen-bond donors (Lipinski definition) is 1. The minimum Gasteiger partial charge on any atom is -0.465 e. The second-order valence-corrected chi connectivity index (χ2v) is 6.89. The maximum absolute atomic E-state index is 12.0. The van der Waals surface area contributed by atoms with E-state index in [1.54, 1.807) is 18.2 Å². The Morgan fingerprint density at radius 2 is 2.10 bits per heavy atom. The second kappa shape index (κ2) is 5.62. The number of rotatable bonds is 3. The molecule has 1 atom stereocenters. The number of ether oxygens (including phenoxy) is 1. The Morgan fingerprint density at radius 3 is 2.70 bits per heavy atom. The Hall–Kier alpha value is -1.89. The summed E-state index contributed by atoms with van der Waals surface area (Å²) < 4.78 is 27.3. The molecule has 1 fully saturated rings. The molecule has 0 aliphatic carbocycles. The first kappa shape index (κ1) is 14.5. The average molecular weight is 297 g/mol. The summed E-state index contributed by atoms with van der Waals surface area (Å²) in [7, 11) is -1.82. The third-order valence-electron chi connectivity index (χ3n) is 3.15. The van der Waals surface area contributed by atoms with Crippen LogP contribution in [-0.2, 0) is 19.4 Å². The van der Waals surface area contributed by atoms with E-state index in [2.05, 4.69) is 10.1 Å². The van der Waals surface area contributed by atoms with Gasteiger partial charge in [-0.15, -0.1) is 0 Å². The van der Waals surface area contributed by atoms with Crippen LogP contribution in [0.5, 0.6) is 0 Å². The van der Waals surface area contributed by atoms with E-state index in [1.165, 1.54) is 13.2 Å². The summed E-state index contributed by atoms with van der Waals surface area (Å²) >= 11 is 0. The lowest BCUT2D eigenvalue weighted by atomic mass is 10.1. The summed E-state index contributed by atoms with van der Waals surface area (Å²) in [6, 6.07) is 6.32. The number of anilines is 1. The molecule has 0 saturated carbocycles. The van der Waals surface area contributed by atoms with Crippen LogP contribution in [0.15, 0.2) is 24.3 Å². The van der Waals surface area contributed by atoms with Crippen LogP contribution in [0, 0.1) is 5.92 Å².